The highest BCUT2D eigenvalue weighted by atomic mass is 15.2. The molecule has 0 N–H and O–H groups in total. The Labute approximate surface area is 87.9 Å². The lowest BCUT2D eigenvalue weighted by molar-refractivity contribution is 0.0581. The molecule has 1 atom stereocenters. The molecule has 1 rings (SSSR count). The van der Waals surface area contributed by atoms with Gasteiger partial charge in [0.1, 0.15) is 0 Å². The van der Waals surface area contributed by atoms with Gasteiger partial charge in [-0.1, -0.05) is 13.3 Å². The number of nitriles is 1. The molecule has 0 radical (unpaired) electrons. The van der Waals surface area contributed by atoms with E-state index in [1.54, 1.807) is 0 Å². The van der Waals surface area contributed by atoms with Crippen LogP contribution in [0.15, 0.2) is 0 Å². The summed E-state index contributed by atoms with van der Waals surface area (Å²) in [6.45, 7) is 8.95. The predicted octanol–water partition coefficient (Wildman–Crippen LogP) is 2.80. The fourth-order valence-corrected chi connectivity index (χ4v) is 2.14. The first-order chi connectivity index (χ1) is 6.60. The second-order valence-corrected chi connectivity index (χ2v) is 4.98. The molecule has 80 valence electrons. The average molecular weight is 194 g/mol. The highest BCUT2D eigenvalue weighted by Crippen LogP contribution is 2.30. The zero-order valence-corrected chi connectivity index (χ0v) is 9.71. The van der Waals surface area contributed by atoms with Crippen molar-refractivity contribution in [3.63, 3.8) is 0 Å². The van der Waals surface area contributed by atoms with Gasteiger partial charge in [0, 0.05) is 12.1 Å². The van der Waals surface area contributed by atoms with Crippen molar-refractivity contribution < 1.29 is 0 Å². The van der Waals surface area contributed by atoms with Gasteiger partial charge in [0.2, 0.25) is 0 Å². The Bertz CT molecular complexity index is 215. The summed E-state index contributed by atoms with van der Waals surface area (Å²) in [6.07, 6.45) is 4.73. The smallest absolute Gasteiger partial charge is 0.0669 e. The fourth-order valence-electron chi connectivity index (χ4n) is 2.14. The van der Waals surface area contributed by atoms with Crippen LogP contribution < -0.4 is 0 Å². The summed E-state index contributed by atoms with van der Waals surface area (Å²) in [5.41, 5.74) is 0.308. The van der Waals surface area contributed by atoms with E-state index in [-0.39, 0.29) is 5.92 Å². The number of hydrogen-bond acceptors (Lipinski definition) is 2. The molecular weight excluding hydrogens is 172 g/mol. The molecular formula is C12H22N2. The predicted molar refractivity (Wildman–Crippen MR) is 58.9 cm³/mol. The van der Waals surface area contributed by atoms with Crippen LogP contribution in [0, 0.1) is 17.2 Å². The average Bonchev–Trinajstić information content (AvgIpc) is 2.16. The van der Waals surface area contributed by atoms with Gasteiger partial charge in [-0.2, -0.15) is 5.26 Å². The number of hydrogen-bond donors (Lipinski definition) is 0. The molecule has 0 aliphatic carbocycles. The van der Waals surface area contributed by atoms with Crippen molar-refractivity contribution in [2.75, 3.05) is 13.1 Å². The van der Waals surface area contributed by atoms with E-state index in [9.17, 15) is 0 Å². The van der Waals surface area contributed by atoms with Crippen LogP contribution in [-0.4, -0.2) is 23.5 Å². The van der Waals surface area contributed by atoms with Gasteiger partial charge in [-0.25, -0.2) is 0 Å². The molecule has 2 heteroatoms. The first-order valence-corrected chi connectivity index (χ1v) is 5.75. The Balaban J connectivity index is 2.53. The summed E-state index contributed by atoms with van der Waals surface area (Å²) in [6, 6.07) is 2.41. The lowest BCUT2D eigenvalue weighted by Crippen LogP contribution is -2.50. The number of unbranched alkanes of at least 4 members (excludes halogenated alkanes) is 1. The molecule has 0 saturated carbocycles. The lowest BCUT2D eigenvalue weighted by Gasteiger charge is -2.44. The topological polar surface area (TPSA) is 27.0 Å². The van der Waals surface area contributed by atoms with Crippen LogP contribution >= 0.6 is 0 Å². The maximum Gasteiger partial charge on any atom is 0.0669 e. The molecule has 1 fully saturated rings. The third kappa shape index (κ3) is 2.72. The zero-order valence-electron chi connectivity index (χ0n) is 9.71. The second kappa shape index (κ2) is 4.79. The molecule has 1 saturated heterocycles. The largest absolute Gasteiger partial charge is 0.297 e. The minimum absolute atomic E-state index is 0.264. The monoisotopic (exact) mass is 194 g/mol. The van der Waals surface area contributed by atoms with E-state index in [1.807, 2.05) is 0 Å². The van der Waals surface area contributed by atoms with E-state index in [1.165, 1.54) is 12.8 Å². The van der Waals surface area contributed by atoms with E-state index in [0.717, 1.165) is 25.9 Å². The van der Waals surface area contributed by atoms with Gasteiger partial charge in [0.25, 0.3) is 0 Å². The normalized spacial score (nSPS) is 27.1. The van der Waals surface area contributed by atoms with Crippen molar-refractivity contribution in [2.24, 2.45) is 5.92 Å². The van der Waals surface area contributed by atoms with Crippen LogP contribution in [0.5, 0.6) is 0 Å². The van der Waals surface area contributed by atoms with Crippen LogP contribution in [0.3, 0.4) is 0 Å². The summed E-state index contributed by atoms with van der Waals surface area (Å²) in [5, 5.41) is 8.93. The van der Waals surface area contributed by atoms with Crippen LogP contribution in [-0.2, 0) is 0 Å². The highest BCUT2D eigenvalue weighted by Gasteiger charge is 2.33. The van der Waals surface area contributed by atoms with Crippen LogP contribution in [0.25, 0.3) is 0 Å². The summed E-state index contributed by atoms with van der Waals surface area (Å²) < 4.78 is 0. The minimum atomic E-state index is 0.264. The van der Waals surface area contributed by atoms with Crippen molar-refractivity contribution in [3.8, 4) is 6.07 Å². The van der Waals surface area contributed by atoms with E-state index >= 15 is 0 Å². The minimum Gasteiger partial charge on any atom is -0.297 e. The Morgan fingerprint density at radius 1 is 1.50 bits per heavy atom. The summed E-state index contributed by atoms with van der Waals surface area (Å²) in [5.74, 6) is 0.264. The van der Waals surface area contributed by atoms with E-state index in [0.29, 0.717) is 5.54 Å². The summed E-state index contributed by atoms with van der Waals surface area (Å²) >= 11 is 0. The van der Waals surface area contributed by atoms with Gasteiger partial charge >= 0.3 is 0 Å². The van der Waals surface area contributed by atoms with E-state index in [2.05, 4.69) is 31.7 Å². The van der Waals surface area contributed by atoms with Crippen molar-refractivity contribution in [1.82, 2.24) is 4.90 Å². The van der Waals surface area contributed by atoms with Crippen molar-refractivity contribution >= 4 is 0 Å². The molecule has 0 bridgehead atoms. The van der Waals surface area contributed by atoms with Crippen molar-refractivity contribution in [3.05, 3.63) is 0 Å². The van der Waals surface area contributed by atoms with Gasteiger partial charge in [0.05, 0.1) is 12.0 Å². The summed E-state index contributed by atoms with van der Waals surface area (Å²) in [4.78, 5) is 2.49. The standard InChI is InChI=1S/C12H22N2/c1-4-5-8-14-10-11(9-13)6-7-12(14,2)3/h11H,4-8,10H2,1-3H3. The zero-order chi connectivity index (χ0) is 10.6. The highest BCUT2D eigenvalue weighted by molar-refractivity contribution is 4.96. The Kier molecular flexibility index (Phi) is 3.95. The first kappa shape index (κ1) is 11.5. The number of rotatable bonds is 3. The van der Waals surface area contributed by atoms with Gasteiger partial charge in [-0.05, 0) is 39.7 Å². The number of likely N-dealkylation sites (tertiary alicyclic amines) is 1. The van der Waals surface area contributed by atoms with E-state index < -0.39 is 0 Å². The van der Waals surface area contributed by atoms with Crippen molar-refractivity contribution in [1.29, 1.82) is 5.26 Å². The fraction of sp³-hybridized carbons (Fsp3) is 0.917. The van der Waals surface area contributed by atoms with Gasteiger partial charge in [0.15, 0.2) is 0 Å². The number of piperidine rings is 1. The number of nitrogens with zero attached hydrogens (tertiary/aromatic N) is 2. The van der Waals surface area contributed by atoms with Gasteiger partial charge in [-0.3, -0.25) is 4.90 Å². The van der Waals surface area contributed by atoms with Gasteiger partial charge in [-0.15, -0.1) is 0 Å². The molecule has 1 heterocycles. The molecule has 1 unspecified atom stereocenters. The molecule has 0 aromatic rings. The first-order valence-electron chi connectivity index (χ1n) is 5.75. The van der Waals surface area contributed by atoms with Crippen LogP contribution in [0.2, 0.25) is 0 Å². The van der Waals surface area contributed by atoms with Crippen LogP contribution in [0.4, 0.5) is 0 Å². The van der Waals surface area contributed by atoms with Crippen LogP contribution in [0.1, 0.15) is 46.5 Å². The molecule has 0 aromatic heterocycles. The summed E-state index contributed by atoms with van der Waals surface area (Å²) in [7, 11) is 0. The third-order valence-corrected chi connectivity index (χ3v) is 3.37. The molecule has 2 nitrogen and oxygen atoms in total. The SMILES string of the molecule is CCCCN1CC(C#N)CCC1(C)C. The quantitative estimate of drug-likeness (QED) is 0.690. The second-order valence-electron chi connectivity index (χ2n) is 4.98. The third-order valence-electron chi connectivity index (χ3n) is 3.37. The maximum absolute atomic E-state index is 8.93. The maximum atomic E-state index is 8.93. The molecule has 14 heavy (non-hydrogen) atoms. The Morgan fingerprint density at radius 3 is 2.79 bits per heavy atom. The Morgan fingerprint density at radius 2 is 2.21 bits per heavy atom. The molecule has 0 spiro atoms. The van der Waals surface area contributed by atoms with Gasteiger partial charge < -0.3 is 0 Å². The molecule has 0 aromatic carbocycles. The molecule has 0 amide bonds. The molecule has 1 aliphatic heterocycles. The van der Waals surface area contributed by atoms with Crippen molar-refractivity contribution in [2.45, 2.75) is 52.0 Å². The van der Waals surface area contributed by atoms with E-state index in [4.69, 9.17) is 5.26 Å². The lowest BCUT2D eigenvalue weighted by atomic mass is 9.85. The Hall–Kier alpha value is -0.550. The molecule has 1 aliphatic rings.